The summed E-state index contributed by atoms with van der Waals surface area (Å²) in [4.78, 5) is 15.9. The molecule has 0 aliphatic heterocycles. The largest absolute Gasteiger partial charge is 0.481 e. The van der Waals surface area contributed by atoms with E-state index in [1.807, 2.05) is 54.6 Å². The Kier molecular flexibility index (Phi) is 3.88. The molecule has 0 bridgehead atoms. The van der Waals surface area contributed by atoms with E-state index in [0.29, 0.717) is 6.42 Å². The van der Waals surface area contributed by atoms with Gasteiger partial charge in [0.2, 0.25) is 0 Å². The first-order valence-electron chi connectivity index (χ1n) is 7.32. The van der Waals surface area contributed by atoms with Crippen molar-refractivity contribution in [1.82, 2.24) is 4.98 Å². The van der Waals surface area contributed by atoms with E-state index in [1.54, 1.807) is 6.92 Å². The van der Waals surface area contributed by atoms with Gasteiger partial charge in [0.05, 0.1) is 11.6 Å². The minimum absolute atomic E-state index is 0.427. The van der Waals surface area contributed by atoms with E-state index < -0.39 is 11.9 Å². The Morgan fingerprint density at radius 1 is 1.09 bits per heavy atom. The summed E-state index contributed by atoms with van der Waals surface area (Å²) >= 11 is 0. The predicted molar refractivity (Wildman–Crippen MR) is 87.7 cm³/mol. The molecule has 0 saturated heterocycles. The number of aliphatic carboxylic acids is 1. The van der Waals surface area contributed by atoms with Crippen LogP contribution < -0.4 is 0 Å². The van der Waals surface area contributed by atoms with Crippen LogP contribution in [0.1, 0.15) is 12.6 Å². The Morgan fingerprint density at radius 3 is 2.50 bits per heavy atom. The van der Waals surface area contributed by atoms with Gasteiger partial charge in [0.25, 0.3) is 0 Å². The molecule has 1 N–H and O–H groups in total. The second kappa shape index (κ2) is 5.98. The van der Waals surface area contributed by atoms with E-state index in [9.17, 15) is 9.90 Å². The van der Waals surface area contributed by atoms with Gasteiger partial charge in [0, 0.05) is 23.1 Å². The molecular weight excluding hydrogens is 274 g/mol. The molecule has 22 heavy (non-hydrogen) atoms. The van der Waals surface area contributed by atoms with E-state index in [4.69, 9.17) is 4.98 Å². The van der Waals surface area contributed by atoms with Gasteiger partial charge in [0.15, 0.2) is 0 Å². The molecule has 3 rings (SSSR count). The monoisotopic (exact) mass is 291 g/mol. The van der Waals surface area contributed by atoms with Gasteiger partial charge in [-0.2, -0.15) is 0 Å². The summed E-state index contributed by atoms with van der Waals surface area (Å²) in [6.45, 7) is 1.72. The Bertz CT molecular complexity index is 812. The first-order valence-corrected chi connectivity index (χ1v) is 7.32. The van der Waals surface area contributed by atoms with Gasteiger partial charge in [-0.15, -0.1) is 0 Å². The third-order valence-electron chi connectivity index (χ3n) is 3.81. The smallest absolute Gasteiger partial charge is 0.306 e. The van der Waals surface area contributed by atoms with Crippen LogP contribution in [0.15, 0.2) is 60.7 Å². The highest BCUT2D eigenvalue weighted by atomic mass is 16.4. The second-order valence-electron chi connectivity index (χ2n) is 5.48. The average molecular weight is 291 g/mol. The fourth-order valence-electron chi connectivity index (χ4n) is 2.56. The lowest BCUT2D eigenvalue weighted by atomic mass is 9.99. The number of rotatable bonds is 4. The van der Waals surface area contributed by atoms with Crippen molar-refractivity contribution >= 4 is 16.7 Å². The molecule has 0 spiro atoms. The van der Waals surface area contributed by atoms with Crippen molar-refractivity contribution in [2.24, 2.45) is 5.92 Å². The van der Waals surface area contributed by atoms with E-state index >= 15 is 0 Å². The van der Waals surface area contributed by atoms with E-state index in [1.165, 1.54) is 0 Å². The molecule has 1 unspecified atom stereocenters. The standard InChI is InChI=1S/C19H17NO2/c1-13(19(21)22)11-18-16-10-6-5-9-15(16)12-17(20-18)14-7-3-2-4-8-14/h2-10,12-13H,11H2,1H3,(H,21,22). The summed E-state index contributed by atoms with van der Waals surface area (Å²) in [6, 6.07) is 20.0. The third-order valence-corrected chi connectivity index (χ3v) is 3.81. The van der Waals surface area contributed by atoms with Crippen molar-refractivity contribution in [2.75, 3.05) is 0 Å². The number of fused-ring (bicyclic) bond motifs is 1. The van der Waals surface area contributed by atoms with Gasteiger partial charge in [-0.1, -0.05) is 61.5 Å². The number of nitrogens with zero attached hydrogens (tertiary/aromatic N) is 1. The van der Waals surface area contributed by atoms with Gasteiger partial charge < -0.3 is 5.11 Å². The number of benzene rings is 2. The van der Waals surface area contributed by atoms with Crippen molar-refractivity contribution in [3.05, 3.63) is 66.4 Å². The van der Waals surface area contributed by atoms with E-state index in [2.05, 4.69) is 6.07 Å². The number of carboxylic acid groups (broad SMARTS) is 1. The Labute approximate surface area is 129 Å². The molecule has 2 aromatic carbocycles. The summed E-state index contributed by atoms with van der Waals surface area (Å²) in [5, 5.41) is 11.3. The van der Waals surface area contributed by atoms with Crippen LogP contribution >= 0.6 is 0 Å². The predicted octanol–water partition coefficient (Wildman–Crippen LogP) is 4.17. The molecule has 0 radical (unpaired) electrons. The van der Waals surface area contributed by atoms with Gasteiger partial charge in [-0.05, 0) is 11.5 Å². The zero-order valence-electron chi connectivity index (χ0n) is 12.4. The Morgan fingerprint density at radius 2 is 1.77 bits per heavy atom. The fourth-order valence-corrected chi connectivity index (χ4v) is 2.56. The van der Waals surface area contributed by atoms with Gasteiger partial charge in [-0.3, -0.25) is 9.78 Å². The number of pyridine rings is 1. The minimum Gasteiger partial charge on any atom is -0.481 e. The van der Waals surface area contributed by atoms with E-state index in [0.717, 1.165) is 27.7 Å². The highest BCUT2D eigenvalue weighted by molar-refractivity contribution is 5.88. The maximum absolute atomic E-state index is 11.2. The normalized spacial score (nSPS) is 12.2. The Balaban J connectivity index is 2.14. The molecule has 3 nitrogen and oxygen atoms in total. The highest BCUT2D eigenvalue weighted by Crippen LogP contribution is 2.26. The topological polar surface area (TPSA) is 50.2 Å². The minimum atomic E-state index is -0.795. The molecule has 1 atom stereocenters. The number of hydrogen-bond acceptors (Lipinski definition) is 2. The van der Waals surface area contributed by atoms with Crippen LogP contribution in [0.5, 0.6) is 0 Å². The van der Waals surface area contributed by atoms with Gasteiger partial charge >= 0.3 is 5.97 Å². The van der Waals surface area contributed by atoms with Crippen molar-refractivity contribution in [2.45, 2.75) is 13.3 Å². The van der Waals surface area contributed by atoms with Crippen molar-refractivity contribution < 1.29 is 9.90 Å². The lowest BCUT2D eigenvalue weighted by Gasteiger charge is -2.12. The molecule has 0 aliphatic rings. The molecular formula is C19H17NO2. The average Bonchev–Trinajstić information content (AvgIpc) is 2.55. The molecule has 3 aromatic rings. The second-order valence-corrected chi connectivity index (χ2v) is 5.48. The summed E-state index contributed by atoms with van der Waals surface area (Å²) in [5.41, 5.74) is 2.76. The SMILES string of the molecule is CC(Cc1nc(-c2ccccc2)cc2ccccc12)C(=O)O. The molecule has 3 heteroatoms. The zero-order valence-corrected chi connectivity index (χ0v) is 12.4. The number of hydrogen-bond donors (Lipinski definition) is 1. The van der Waals surface area contributed by atoms with Crippen LogP contribution in [-0.2, 0) is 11.2 Å². The van der Waals surface area contributed by atoms with Crippen LogP contribution in [-0.4, -0.2) is 16.1 Å². The lowest BCUT2D eigenvalue weighted by molar-refractivity contribution is -0.141. The molecule has 1 heterocycles. The molecule has 110 valence electrons. The first-order chi connectivity index (χ1) is 10.6. The molecule has 1 aromatic heterocycles. The van der Waals surface area contributed by atoms with Gasteiger partial charge in [0.1, 0.15) is 0 Å². The third kappa shape index (κ3) is 2.84. The molecule has 0 saturated carbocycles. The summed E-state index contributed by atoms with van der Waals surface area (Å²) in [7, 11) is 0. The maximum atomic E-state index is 11.2. The fraction of sp³-hybridized carbons (Fsp3) is 0.158. The molecule has 0 fully saturated rings. The van der Waals surface area contributed by atoms with E-state index in [-0.39, 0.29) is 0 Å². The summed E-state index contributed by atoms with van der Waals surface area (Å²) in [5.74, 6) is -1.25. The summed E-state index contributed by atoms with van der Waals surface area (Å²) < 4.78 is 0. The number of carbonyl (C=O) groups is 1. The number of carboxylic acids is 1. The van der Waals surface area contributed by atoms with Crippen LogP contribution in [0.25, 0.3) is 22.0 Å². The highest BCUT2D eigenvalue weighted by Gasteiger charge is 2.15. The van der Waals surface area contributed by atoms with Crippen molar-refractivity contribution in [3.63, 3.8) is 0 Å². The van der Waals surface area contributed by atoms with Crippen LogP contribution in [0.2, 0.25) is 0 Å². The maximum Gasteiger partial charge on any atom is 0.306 e. The summed E-state index contributed by atoms with van der Waals surface area (Å²) in [6.07, 6.45) is 0.427. The first kappa shape index (κ1) is 14.3. The van der Waals surface area contributed by atoms with Gasteiger partial charge in [-0.25, -0.2) is 0 Å². The van der Waals surface area contributed by atoms with Crippen molar-refractivity contribution in [1.29, 1.82) is 0 Å². The zero-order chi connectivity index (χ0) is 15.5. The number of aromatic nitrogens is 1. The lowest BCUT2D eigenvalue weighted by Crippen LogP contribution is -2.13. The van der Waals surface area contributed by atoms with Crippen molar-refractivity contribution in [3.8, 4) is 11.3 Å². The van der Waals surface area contributed by atoms with Crippen LogP contribution in [0.3, 0.4) is 0 Å². The Hall–Kier alpha value is -2.68. The quantitative estimate of drug-likeness (QED) is 0.785. The molecule has 0 amide bonds. The molecule has 0 aliphatic carbocycles. The van der Waals surface area contributed by atoms with Crippen LogP contribution in [0, 0.1) is 5.92 Å². The van der Waals surface area contributed by atoms with Crippen LogP contribution in [0.4, 0.5) is 0 Å².